The first-order valence-electron chi connectivity index (χ1n) is 7.27. The molecule has 1 aliphatic carbocycles. The van der Waals surface area contributed by atoms with Crippen LogP contribution in [-0.4, -0.2) is 48.6 Å². The summed E-state index contributed by atoms with van der Waals surface area (Å²) < 4.78 is 10.9. The minimum absolute atomic E-state index is 0.000449. The molecule has 1 aliphatic heterocycles. The number of carbonyl (C=O) groups is 1. The Morgan fingerprint density at radius 1 is 1.53 bits per heavy atom. The number of amides is 1. The number of aliphatic hydroxyl groups is 1. The molecule has 5 heteroatoms. The first-order valence-corrected chi connectivity index (χ1v) is 7.27. The molecule has 0 unspecified atom stereocenters. The summed E-state index contributed by atoms with van der Waals surface area (Å²) in [6.45, 7) is 5.61. The zero-order valence-corrected chi connectivity index (χ0v) is 11.9. The van der Waals surface area contributed by atoms with E-state index in [1.54, 1.807) is 0 Å². The van der Waals surface area contributed by atoms with Crippen LogP contribution in [0, 0.1) is 5.92 Å². The molecular formula is C14H25NO4. The summed E-state index contributed by atoms with van der Waals surface area (Å²) in [5.74, 6) is -0.0828. The normalized spacial score (nSPS) is 38.6. The van der Waals surface area contributed by atoms with Crippen LogP contribution in [-0.2, 0) is 14.3 Å². The molecule has 19 heavy (non-hydrogen) atoms. The first kappa shape index (κ1) is 14.8. The van der Waals surface area contributed by atoms with Crippen molar-refractivity contribution in [3.63, 3.8) is 0 Å². The second-order valence-electron chi connectivity index (χ2n) is 5.75. The minimum atomic E-state index is -0.783. The second kappa shape index (κ2) is 6.20. The molecule has 0 aromatic heterocycles. The lowest BCUT2D eigenvalue weighted by molar-refractivity contribution is -0.146. The van der Waals surface area contributed by atoms with Gasteiger partial charge in [0.1, 0.15) is 0 Å². The number of nitrogens with one attached hydrogen (secondary N) is 1. The van der Waals surface area contributed by atoms with Gasteiger partial charge in [0, 0.05) is 32.6 Å². The van der Waals surface area contributed by atoms with Gasteiger partial charge in [0.25, 0.3) is 0 Å². The molecule has 0 bridgehead atoms. The van der Waals surface area contributed by atoms with E-state index < -0.39 is 5.60 Å². The van der Waals surface area contributed by atoms with Crippen LogP contribution in [0.15, 0.2) is 0 Å². The van der Waals surface area contributed by atoms with E-state index in [9.17, 15) is 9.90 Å². The van der Waals surface area contributed by atoms with Crippen LogP contribution in [0.25, 0.3) is 0 Å². The maximum absolute atomic E-state index is 12.1. The first-order chi connectivity index (χ1) is 9.04. The zero-order chi connectivity index (χ0) is 13.9. The quantitative estimate of drug-likeness (QED) is 0.778. The average Bonchev–Trinajstić information content (AvgIpc) is 2.35. The third-order valence-corrected chi connectivity index (χ3v) is 4.15. The molecule has 5 nitrogen and oxygen atoms in total. The Kier molecular flexibility index (Phi) is 4.81. The third-order valence-electron chi connectivity index (χ3n) is 4.15. The summed E-state index contributed by atoms with van der Waals surface area (Å²) in [5.41, 5.74) is -0.783. The van der Waals surface area contributed by atoms with Gasteiger partial charge < -0.3 is 19.9 Å². The van der Waals surface area contributed by atoms with Crippen molar-refractivity contribution in [1.82, 2.24) is 5.32 Å². The Hall–Kier alpha value is -0.650. The van der Waals surface area contributed by atoms with Crippen LogP contribution in [0.4, 0.5) is 0 Å². The number of rotatable bonds is 5. The van der Waals surface area contributed by atoms with Gasteiger partial charge in [0.2, 0.25) is 5.91 Å². The number of hydrogen-bond acceptors (Lipinski definition) is 4. The molecule has 110 valence electrons. The maximum Gasteiger partial charge on any atom is 0.225 e. The van der Waals surface area contributed by atoms with Crippen molar-refractivity contribution in [1.29, 1.82) is 0 Å². The van der Waals surface area contributed by atoms with Gasteiger partial charge in [-0.2, -0.15) is 0 Å². The largest absolute Gasteiger partial charge is 0.388 e. The summed E-state index contributed by atoms with van der Waals surface area (Å²) in [6, 6.07) is 0. The van der Waals surface area contributed by atoms with Crippen molar-refractivity contribution >= 4 is 5.91 Å². The van der Waals surface area contributed by atoms with E-state index >= 15 is 0 Å². The number of ether oxygens (including phenoxy) is 2. The Bertz CT molecular complexity index is 315. The van der Waals surface area contributed by atoms with E-state index in [4.69, 9.17) is 9.47 Å². The zero-order valence-electron chi connectivity index (χ0n) is 11.9. The molecule has 2 atom stereocenters. The topological polar surface area (TPSA) is 67.8 Å². The summed E-state index contributed by atoms with van der Waals surface area (Å²) in [6.07, 6.45) is 3.13. The Balaban J connectivity index is 1.72. The lowest BCUT2D eigenvalue weighted by atomic mass is 9.77. The Labute approximate surface area is 114 Å². The van der Waals surface area contributed by atoms with Gasteiger partial charge in [-0.05, 0) is 26.7 Å². The van der Waals surface area contributed by atoms with Crippen molar-refractivity contribution in [2.75, 3.05) is 19.8 Å². The lowest BCUT2D eigenvalue weighted by Gasteiger charge is -2.43. The van der Waals surface area contributed by atoms with Crippen LogP contribution in [0.5, 0.6) is 0 Å². The van der Waals surface area contributed by atoms with Gasteiger partial charge in [0.05, 0.1) is 23.7 Å². The van der Waals surface area contributed by atoms with Crippen LogP contribution >= 0.6 is 0 Å². The molecule has 2 rings (SSSR count). The van der Waals surface area contributed by atoms with E-state index in [2.05, 4.69) is 5.32 Å². The fourth-order valence-corrected chi connectivity index (χ4v) is 2.94. The fraction of sp³-hybridized carbons (Fsp3) is 0.929. The van der Waals surface area contributed by atoms with E-state index in [0.717, 1.165) is 19.4 Å². The lowest BCUT2D eigenvalue weighted by Crippen LogP contribution is -2.56. The van der Waals surface area contributed by atoms with Gasteiger partial charge in [-0.25, -0.2) is 0 Å². The molecule has 2 N–H and O–H groups in total. The van der Waals surface area contributed by atoms with Crippen LogP contribution < -0.4 is 5.32 Å². The molecule has 2 aliphatic rings. The van der Waals surface area contributed by atoms with Crippen molar-refractivity contribution in [2.24, 2.45) is 5.92 Å². The highest BCUT2D eigenvalue weighted by Gasteiger charge is 2.43. The smallest absolute Gasteiger partial charge is 0.225 e. The minimum Gasteiger partial charge on any atom is -0.388 e. The van der Waals surface area contributed by atoms with Gasteiger partial charge in [-0.15, -0.1) is 0 Å². The Morgan fingerprint density at radius 2 is 2.26 bits per heavy atom. The van der Waals surface area contributed by atoms with Crippen molar-refractivity contribution in [3.05, 3.63) is 0 Å². The molecule has 0 spiro atoms. The maximum atomic E-state index is 12.1. The molecule has 1 saturated carbocycles. The predicted octanol–water partition coefficient (Wildman–Crippen LogP) is 0.848. The number of hydrogen-bond donors (Lipinski definition) is 2. The second-order valence-corrected chi connectivity index (χ2v) is 5.75. The molecule has 0 aromatic rings. The third kappa shape index (κ3) is 3.68. The van der Waals surface area contributed by atoms with Crippen LogP contribution in [0.2, 0.25) is 0 Å². The van der Waals surface area contributed by atoms with Crippen molar-refractivity contribution in [3.8, 4) is 0 Å². The van der Waals surface area contributed by atoms with Gasteiger partial charge in [-0.3, -0.25) is 4.79 Å². The Morgan fingerprint density at radius 3 is 2.89 bits per heavy atom. The summed E-state index contributed by atoms with van der Waals surface area (Å²) in [4.78, 5) is 12.1. The van der Waals surface area contributed by atoms with Gasteiger partial charge in [-0.1, -0.05) is 0 Å². The molecule has 1 heterocycles. The monoisotopic (exact) mass is 271 g/mol. The standard InChI is InChI=1S/C14H25NO4/c1-3-18-11-7-14(17,8-11)9-15-13(16)12-5-4-6-19-10(12)2/h10-12,17H,3-9H2,1-2H3,(H,15,16)/t10-,11?,12+,14?/m0/s1. The predicted molar refractivity (Wildman–Crippen MR) is 70.7 cm³/mol. The highest BCUT2D eigenvalue weighted by molar-refractivity contribution is 5.79. The summed E-state index contributed by atoms with van der Waals surface area (Å²) in [5, 5.41) is 13.1. The van der Waals surface area contributed by atoms with Crippen molar-refractivity contribution in [2.45, 2.75) is 57.3 Å². The van der Waals surface area contributed by atoms with E-state index in [1.807, 2.05) is 13.8 Å². The molecule has 0 aromatic carbocycles. The molecule has 2 fully saturated rings. The highest BCUT2D eigenvalue weighted by Crippen LogP contribution is 2.34. The van der Waals surface area contributed by atoms with Gasteiger partial charge >= 0.3 is 0 Å². The molecule has 0 radical (unpaired) electrons. The average molecular weight is 271 g/mol. The number of carbonyl (C=O) groups excluding carboxylic acids is 1. The summed E-state index contributed by atoms with van der Waals surface area (Å²) >= 11 is 0. The molecule has 1 amide bonds. The van der Waals surface area contributed by atoms with Gasteiger partial charge in [0.15, 0.2) is 0 Å². The van der Waals surface area contributed by atoms with Crippen molar-refractivity contribution < 1.29 is 19.4 Å². The summed E-state index contributed by atoms with van der Waals surface area (Å²) in [7, 11) is 0. The molecular weight excluding hydrogens is 246 g/mol. The molecule has 1 saturated heterocycles. The van der Waals surface area contributed by atoms with E-state index in [1.165, 1.54) is 0 Å². The van der Waals surface area contributed by atoms with Crippen LogP contribution in [0.3, 0.4) is 0 Å². The van der Waals surface area contributed by atoms with Crippen LogP contribution in [0.1, 0.15) is 39.5 Å². The fourth-order valence-electron chi connectivity index (χ4n) is 2.94. The van der Waals surface area contributed by atoms with E-state index in [0.29, 0.717) is 26.0 Å². The highest BCUT2D eigenvalue weighted by atomic mass is 16.5. The van der Waals surface area contributed by atoms with E-state index in [-0.39, 0.29) is 24.0 Å². The SMILES string of the molecule is CCOC1CC(O)(CNC(=O)[C@@H]2CCCO[C@H]2C)C1.